The third-order valence-electron chi connectivity index (χ3n) is 2.88. The molecule has 2 aromatic carbocycles. The lowest BCUT2D eigenvalue weighted by Crippen LogP contribution is -2.10. The van der Waals surface area contributed by atoms with Gasteiger partial charge in [-0.15, -0.1) is 11.3 Å². The molecule has 4 nitrogen and oxygen atoms in total. The lowest BCUT2D eigenvalue weighted by atomic mass is 10.2. The van der Waals surface area contributed by atoms with Crippen LogP contribution in [0.4, 0.5) is 5.69 Å². The fourth-order valence-corrected chi connectivity index (χ4v) is 2.67. The molecule has 0 aliphatic carbocycles. The number of nitrogens with zero attached hydrogens (tertiary/aromatic N) is 1. The number of rotatable bonds is 4. The molecule has 1 heterocycles. The second-order valence-corrected chi connectivity index (χ2v) is 4.90. The number of benzene rings is 2. The molecule has 1 aromatic heterocycles. The molecule has 3 aromatic rings. The van der Waals surface area contributed by atoms with Crippen molar-refractivity contribution >= 4 is 27.2 Å². The molecule has 0 radical (unpaired) electrons. The van der Waals surface area contributed by atoms with Gasteiger partial charge in [-0.05, 0) is 18.2 Å². The van der Waals surface area contributed by atoms with Gasteiger partial charge < -0.3 is 10.2 Å². The summed E-state index contributed by atoms with van der Waals surface area (Å²) in [6, 6.07) is 13.7. The van der Waals surface area contributed by atoms with E-state index in [1.807, 2.05) is 48.0 Å². The first-order valence-corrected chi connectivity index (χ1v) is 6.76. The van der Waals surface area contributed by atoms with Gasteiger partial charge in [0.05, 0.1) is 21.4 Å². The monoisotopic (exact) mass is 271 g/mol. The van der Waals surface area contributed by atoms with E-state index in [0.717, 1.165) is 27.2 Å². The highest BCUT2D eigenvalue weighted by Crippen LogP contribution is 2.29. The summed E-state index contributed by atoms with van der Waals surface area (Å²) in [4.78, 5) is 4.27. The quantitative estimate of drug-likeness (QED) is 0.565. The number of anilines is 1. The molecule has 0 spiro atoms. The number of fused-ring (bicyclic) bond motifs is 1. The fraction of sp³-hybridized carbons (Fsp3) is 0.0714. The number of aromatic nitrogens is 1. The number of para-hydroxylation sites is 1. The van der Waals surface area contributed by atoms with Gasteiger partial charge >= 0.3 is 0 Å². The molecular weight excluding hydrogens is 258 g/mol. The maximum atomic E-state index is 5.88. The molecule has 0 aliphatic heterocycles. The Kier molecular flexibility index (Phi) is 3.31. The molecule has 0 fully saturated rings. The zero-order valence-electron chi connectivity index (χ0n) is 10.2. The first-order chi connectivity index (χ1) is 9.38. The zero-order valence-corrected chi connectivity index (χ0v) is 11.0. The van der Waals surface area contributed by atoms with E-state index >= 15 is 0 Å². The van der Waals surface area contributed by atoms with E-state index in [-0.39, 0.29) is 0 Å². The van der Waals surface area contributed by atoms with E-state index in [9.17, 15) is 0 Å². The third-order valence-corrected chi connectivity index (χ3v) is 3.73. The van der Waals surface area contributed by atoms with Crippen LogP contribution >= 0.6 is 11.3 Å². The first kappa shape index (κ1) is 12.0. The largest absolute Gasteiger partial charge is 0.487 e. The number of nitrogens with one attached hydrogen (secondary N) is 1. The standard InChI is InChI=1S/C14H13N3OS/c15-17-11-5-2-1-4-10(11)8-18-13-7-3-6-12-14(13)19-9-16-12/h1-7,9,17H,8,15H2. The average molecular weight is 271 g/mol. The third kappa shape index (κ3) is 2.38. The summed E-state index contributed by atoms with van der Waals surface area (Å²) in [5.41, 5.74) is 7.36. The van der Waals surface area contributed by atoms with Crippen LogP contribution in [0, 0.1) is 0 Å². The summed E-state index contributed by atoms with van der Waals surface area (Å²) in [5.74, 6) is 6.33. The highest BCUT2D eigenvalue weighted by atomic mass is 32.1. The van der Waals surface area contributed by atoms with Crippen molar-refractivity contribution in [2.24, 2.45) is 5.84 Å². The van der Waals surface area contributed by atoms with Gasteiger partial charge in [-0.3, -0.25) is 5.84 Å². The molecule has 3 N–H and O–H groups in total. The molecule has 0 saturated heterocycles. The second kappa shape index (κ2) is 5.26. The molecule has 0 aliphatic rings. The normalized spacial score (nSPS) is 10.6. The van der Waals surface area contributed by atoms with E-state index in [2.05, 4.69) is 10.4 Å². The minimum Gasteiger partial charge on any atom is -0.487 e. The van der Waals surface area contributed by atoms with Gasteiger partial charge in [0.1, 0.15) is 12.4 Å². The molecular formula is C14H13N3OS. The molecule has 96 valence electrons. The summed E-state index contributed by atoms with van der Waals surface area (Å²) in [6.07, 6.45) is 0. The van der Waals surface area contributed by atoms with Crippen molar-refractivity contribution in [1.82, 2.24) is 4.98 Å². The van der Waals surface area contributed by atoms with Gasteiger partial charge in [-0.1, -0.05) is 24.3 Å². The Morgan fingerprint density at radius 3 is 2.95 bits per heavy atom. The van der Waals surface area contributed by atoms with E-state index in [1.165, 1.54) is 0 Å². The predicted molar refractivity (Wildman–Crippen MR) is 78.2 cm³/mol. The van der Waals surface area contributed by atoms with Gasteiger partial charge in [0.2, 0.25) is 0 Å². The number of nitrogens with two attached hydrogens (primary N) is 1. The molecule has 3 rings (SSSR count). The smallest absolute Gasteiger partial charge is 0.139 e. The topological polar surface area (TPSA) is 60.2 Å². The average Bonchev–Trinajstić information content (AvgIpc) is 2.94. The second-order valence-electron chi connectivity index (χ2n) is 4.05. The van der Waals surface area contributed by atoms with Crippen LogP contribution in [0.15, 0.2) is 48.0 Å². The zero-order chi connectivity index (χ0) is 13.1. The lowest BCUT2D eigenvalue weighted by Gasteiger charge is -2.10. The van der Waals surface area contributed by atoms with E-state index < -0.39 is 0 Å². The van der Waals surface area contributed by atoms with Crippen molar-refractivity contribution in [1.29, 1.82) is 0 Å². The molecule has 0 amide bonds. The highest BCUT2D eigenvalue weighted by Gasteiger charge is 2.06. The van der Waals surface area contributed by atoms with Crippen LogP contribution < -0.4 is 16.0 Å². The van der Waals surface area contributed by atoms with Crippen LogP contribution in [0.3, 0.4) is 0 Å². The van der Waals surface area contributed by atoms with Crippen molar-refractivity contribution in [2.45, 2.75) is 6.61 Å². The number of thiazole rings is 1. The summed E-state index contributed by atoms with van der Waals surface area (Å²) in [6.45, 7) is 0.470. The van der Waals surface area contributed by atoms with Crippen LogP contribution in [0.5, 0.6) is 5.75 Å². The van der Waals surface area contributed by atoms with Crippen molar-refractivity contribution in [3.8, 4) is 5.75 Å². The van der Waals surface area contributed by atoms with Crippen LogP contribution in [0.1, 0.15) is 5.56 Å². The molecule has 0 saturated carbocycles. The molecule has 19 heavy (non-hydrogen) atoms. The summed E-state index contributed by atoms with van der Waals surface area (Å²) in [5, 5.41) is 0. The highest BCUT2D eigenvalue weighted by molar-refractivity contribution is 7.17. The predicted octanol–water partition coefficient (Wildman–Crippen LogP) is 3.16. The Labute approximate surface area is 114 Å². The van der Waals surface area contributed by atoms with E-state index in [4.69, 9.17) is 10.6 Å². The maximum absolute atomic E-state index is 5.88. The van der Waals surface area contributed by atoms with Gasteiger partial charge in [-0.25, -0.2) is 4.98 Å². The number of nitrogen functional groups attached to an aromatic ring is 1. The van der Waals surface area contributed by atoms with Gasteiger partial charge in [0.25, 0.3) is 0 Å². The molecule has 0 bridgehead atoms. The van der Waals surface area contributed by atoms with Crippen LogP contribution in [-0.2, 0) is 6.61 Å². The van der Waals surface area contributed by atoms with Gasteiger partial charge in [0.15, 0.2) is 0 Å². The van der Waals surface area contributed by atoms with E-state index in [1.54, 1.807) is 11.3 Å². The number of hydrazine groups is 1. The first-order valence-electron chi connectivity index (χ1n) is 5.88. The van der Waals surface area contributed by atoms with E-state index in [0.29, 0.717) is 6.61 Å². The summed E-state index contributed by atoms with van der Waals surface area (Å²) in [7, 11) is 0. The minimum atomic E-state index is 0.470. The molecule has 0 atom stereocenters. The Morgan fingerprint density at radius 1 is 1.16 bits per heavy atom. The SMILES string of the molecule is NNc1ccccc1COc1cccc2ncsc12. The van der Waals surface area contributed by atoms with Gasteiger partial charge in [-0.2, -0.15) is 0 Å². The molecule has 5 heteroatoms. The maximum Gasteiger partial charge on any atom is 0.139 e. The summed E-state index contributed by atoms with van der Waals surface area (Å²) >= 11 is 1.58. The Balaban J connectivity index is 1.84. The Hall–Kier alpha value is -2.11. The lowest BCUT2D eigenvalue weighted by molar-refractivity contribution is 0.311. The summed E-state index contributed by atoms with van der Waals surface area (Å²) < 4.78 is 6.95. The van der Waals surface area contributed by atoms with Gasteiger partial charge in [0, 0.05) is 5.56 Å². The Morgan fingerprint density at radius 2 is 2.05 bits per heavy atom. The fourth-order valence-electron chi connectivity index (χ4n) is 1.92. The van der Waals surface area contributed by atoms with Crippen molar-refractivity contribution in [3.05, 3.63) is 53.5 Å². The number of hydrogen-bond donors (Lipinski definition) is 2. The van der Waals surface area contributed by atoms with Crippen LogP contribution in [-0.4, -0.2) is 4.98 Å². The van der Waals surface area contributed by atoms with Crippen molar-refractivity contribution in [2.75, 3.05) is 5.43 Å². The van der Waals surface area contributed by atoms with Crippen LogP contribution in [0.25, 0.3) is 10.2 Å². The minimum absolute atomic E-state index is 0.470. The number of ether oxygens (including phenoxy) is 1. The van der Waals surface area contributed by atoms with Crippen molar-refractivity contribution < 1.29 is 4.74 Å². The molecule has 0 unspecified atom stereocenters. The number of hydrogen-bond acceptors (Lipinski definition) is 5. The Bertz CT molecular complexity index is 696. The van der Waals surface area contributed by atoms with Crippen molar-refractivity contribution in [3.63, 3.8) is 0 Å². The van der Waals surface area contributed by atoms with Crippen LogP contribution in [0.2, 0.25) is 0 Å².